The third-order valence-electron chi connectivity index (χ3n) is 3.45. The Bertz CT molecular complexity index is 562. The molecule has 0 atom stereocenters. The molecule has 0 radical (unpaired) electrons. The van der Waals surface area contributed by atoms with Gasteiger partial charge in [-0.3, -0.25) is 0 Å². The van der Waals surface area contributed by atoms with Crippen molar-refractivity contribution in [1.29, 1.82) is 0 Å². The van der Waals surface area contributed by atoms with Crippen LogP contribution < -0.4 is 10.6 Å². The summed E-state index contributed by atoms with van der Waals surface area (Å²) < 4.78 is 5.42. The second kappa shape index (κ2) is 5.33. The number of anilines is 2. The first-order chi connectivity index (χ1) is 9.34. The zero-order valence-electron chi connectivity index (χ0n) is 10.9. The fourth-order valence-electron chi connectivity index (χ4n) is 2.50. The molecule has 3 nitrogen and oxygen atoms in total. The molecule has 1 aliphatic rings. The molecule has 0 bridgehead atoms. The summed E-state index contributed by atoms with van der Waals surface area (Å²) in [6.07, 6.45) is 0. The summed E-state index contributed by atoms with van der Waals surface area (Å²) >= 11 is 0. The quantitative estimate of drug-likeness (QED) is 0.837. The zero-order chi connectivity index (χ0) is 13.1. The second-order valence-electron chi connectivity index (χ2n) is 4.74. The molecule has 1 heterocycles. The molecule has 0 spiro atoms. The first-order valence-electron chi connectivity index (χ1n) is 6.62. The Hall–Kier alpha value is -2.00. The van der Waals surface area contributed by atoms with Crippen LogP contribution in [-0.2, 0) is 4.74 Å². The Balaban J connectivity index is 2.01. The highest BCUT2D eigenvalue weighted by Gasteiger charge is 2.15. The molecule has 2 aromatic rings. The van der Waals surface area contributed by atoms with E-state index in [1.54, 1.807) is 0 Å². The molecule has 0 aliphatic carbocycles. The van der Waals surface area contributed by atoms with Gasteiger partial charge in [0, 0.05) is 30.0 Å². The van der Waals surface area contributed by atoms with Crippen LogP contribution in [0.15, 0.2) is 48.5 Å². The fourth-order valence-corrected chi connectivity index (χ4v) is 2.50. The third kappa shape index (κ3) is 2.56. The topological polar surface area (TPSA) is 38.5 Å². The number of rotatable bonds is 2. The molecule has 2 aromatic carbocycles. The Morgan fingerprint density at radius 2 is 1.74 bits per heavy atom. The van der Waals surface area contributed by atoms with E-state index in [-0.39, 0.29) is 0 Å². The number of morpholine rings is 1. The molecule has 0 aromatic heterocycles. The van der Waals surface area contributed by atoms with Crippen molar-refractivity contribution in [3.63, 3.8) is 0 Å². The maximum absolute atomic E-state index is 5.89. The van der Waals surface area contributed by atoms with E-state index < -0.39 is 0 Å². The number of nitrogens with zero attached hydrogens (tertiary/aromatic N) is 1. The van der Waals surface area contributed by atoms with Crippen molar-refractivity contribution in [2.45, 2.75) is 0 Å². The third-order valence-corrected chi connectivity index (χ3v) is 3.45. The van der Waals surface area contributed by atoms with Crippen LogP contribution in [-0.4, -0.2) is 26.3 Å². The van der Waals surface area contributed by atoms with Crippen LogP contribution in [0.5, 0.6) is 0 Å². The highest BCUT2D eigenvalue weighted by Crippen LogP contribution is 2.31. The monoisotopic (exact) mass is 254 g/mol. The summed E-state index contributed by atoms with van der Waals surface area (Å²) in [5.41, 5.74) is 10.4. The molecule has 0 unspecified atom stereocenters. The van der Waals surface area contributed by atoms with Crippen LogP contribution in [0.3, 0.4) is 0 Å². The standard InChI is InChI=1S/C16H18N2O/c17-14-5-3-4-13(12-14)15-6-1-2-7-16(15)18-8-10-19-11-9-18/h1-7,12H,8-11,17H2. The first-order valence-corrected chi connectivity index (χ1v) is 6.62. The summed E-state index contributed by atoms with van der Waals surface area (Å²) in [7, 11) is 0. The van der Waals surface area contributed by atoms with Gasteiger partial charge in [-0.2, -0.15) is 0 Å². The van der Waals surface area contributed by atoms with E-state index in [0.29, 0.717) is 0 Å². The molecule has 0 saturated carbocycles. The van der Waals surface area contributed by atoms with E-state index in [0.717, 1.165) is 32.0 Å². The predicted molar refractivity (Wildman–Crippen MR) is 79.3 cm³/mol. The lowest BCUT2D eigenvalue weighted by Crippen LogP contribution is -2.36. The number of benzene rings is 2. The normalized spacial score (nSPS) is 15.5. The van der Waals surface area contributed by atoms with Gasteiger partial charge in [-0.25, -0.2) is 0 Å². The number of nitrogens with two attached hydrogens (primary N) is 1. The van der Waals surface area contributed by atoms with Crippen molar-refractivity contribution in [3.05, 3.63) is 48.5 Å². The molecule has 1 fully saturated rings. The van der Waals surface area contributed by atoms with Crippen LogP contribution in [0.1, 0.15) is 0 Å². The molecule has 3 heteroatoms. The number of hydrogen-bond acceptors (Lipinski definition) is 3. The minimum atomic E-state index is 0.797. The van der Waals surface area contributed by atoms with Gasteiger partial charge < -0.3 is 15.4 Å². The van der Waals surface area contributed by atoms with Crippen LogP contribution in [0.4, 0.5) is 11.4 Å². The van der Waals surface area contributed by atoms with E-state index in [2.05, 4.69) is 35.2 Å². The maximum Gasteiger partial charge on any atom is 0.0642 e. The van der Waals surface area contributed by atoms with Crippen LogP contribution in [0, 0.1) is 0 Å². The van der Waals surface area contributed by atoms with Gasteiger partial charge in [-0.15, -0.1) is 0 Å². The summed E-state index contributed by atoms with van der Waals surface area (Å²) in [6, 6.07) is 16.5. The SMILES string of the molecule is Nc1cccc(-c2ccccc2N2CCOCC2)c1. The van der Waals surface area contributed by atoms with Gasteiger partial charge in [0.25, 0.3) is 0 Å². The molecular weight excluding hydrogens is 236 g/mol. The van der Waals surface area contributed by atoms with E-state index >= 15 is 0 Å². The first kappa shape index (κ1) is 12.1. The smallest absolute Gasteiger partial charge is 0.0642 e. The van der Waals surface area contributed by atoms with Crippen molar-refractivity contribution >= 4 is 11.4 Å². The van der Waals surface area contributed by atoms with Gasteiger partial charge >= 0.3 is 0 Å². The summed E-state index contributed by atoms with van der Waals surface area (Å²) in [5, 5.41) is 0. The number of nitrogen functional groups attached to an aromatic ring is 1. The second-order valence-corrected chi connectivity index (χ2v) is 4.74. The molecule has 1 saturated heterocycles. The summed E-state index contributed by atoms with van der Waals surface area (Å²) in [6.45, 7) is 3.48. The Kier molecular flexibility index (Phi) is 3.38. The van der Waals surface area contributed by atoms with Crippen molar-refractivity contribution in [2.24, 2.45) is 0 Å². The zero-order valence-corrected chi connectivity index (χ0v) is 10.9. The molecule has 0 amide bonds. The highest BCUT2D eigenvalue weighted by molar-refractivity contribution is 5.80. The maximum atomic E-state index is 5.89. The molecule has 1 aliphatic heterocycles. The van der Waals surface area contributed by atoms with Crippen molar-refractivity contribution in [2.75, 3.05) is 36.9 Å². The average molecular weight is 254 g/mol. The van der Waals surface area contributed by atoms with Gasteiger partial charge in [0.2, 0.25) is 0 Å². The number of ether oxygens (including phenoxy) is 1. The van der Waals surface area contributed by atoms with Gasteiger partial charge in [-0.05, 0) is 23.8 Å². The lowest BCUT2D eigenvalue weighted by atomic mass is 10.0. The summed E-state index contributed by atoms with van der Waals surface area (Å²) in [5.74, 6) is 0. The molecule has 98 valence electrons. The number of hydrogen-bond donors (Lipinski definition) is 1. The van der Waals surface area contributed by atoms with Gasteiger partial charge in [0.05, 0.1) is 13.2 Å². The lowest BCUT2D eigenvalue weighted by Gasteiger charge is -2.30. The van der Waals surface area contributed by atoms with E-state index in [1.807, 2.05) is 18.2 Å². The molecule has 19 heavy (non-hydrogen) atoms. The number of para-hydroxylation sites is 1. The van der Waals surface area contributed by atoms with E-state index in [9.17, 15) is 0 Å². The minimum absolute atomic E-state index is 0.797. The van der Waals surface area contributed by atoms with Gasteiger partial charge in [0.15, 0.2) is 0 Å². The highest BCUT2D eigenvalue weighted by atomic mass is 16.5. The Morgan fingerprint density at radius 3 is 2.53 bits per heavy atom. The summed E-state index contributed by atoms with van der Waals surface area (Å²) in [4.78, 5) is 2.38. The van der Waals surface area contributed by atoms with E-state index in [4.69, 9.17) is 10.5 Å². The minimum Gasteiger partial charge on any atom is -0.399 e. The average Bonchev–Trinajstić information content (AvgIpc) is 2.48. The molecular formula is C16H18N2O. The van der Waals surface area contributed by atoms with E-state index in [1.165, 1.54) is 16.8 Å². The molecule has 2 N–H and O–H groups in total. The predicted octanol–water partition coefficient (Wildman–Crippen LogP) is 2.77. The van der Waals surface area contributed by atoms with Crippen LogP contribution >= 0.6 is 0 Å². The Labute approximate surface area is 113 Å². The Morgan fingerprint density at radius 1 is 0.947 bits per heavy atom. The lowest BCUT2D eigenvalue weighted by molar-refractivity contribution is 0.123. The van der Waals surface area contributed by atoms with Gasteiger partial charge in [0.1, 0.15) is 0 Å². The largest absolute Gasteiger partial charge is 0.399 e. The van der Waals surface area contributed by atoms with Crippen molar-refractivity contribution in [3.8, 4) is 11.1 Å². The van der Waals surface area contributed by atoms with Crippen LogP contribution in [0.2, 0.25) is 0 Å². The van der Waals surface area contributed by atoms with Gasteiger partial charge in [-0.1, -0.05) is 30.3 Å². The fraction of sp³-hybridized carbons (Fsp3) is 0.250. The van der Waals surface area contributed by atoms with Crippen LogP contribution in [0.25, 0.3) is 11.1 Å². The van der Waals surface area contributed by atoms with Crippen molar-refractivity contribution in [1.82, 2.24) is 0 Å². The molecule has 3 rings (SSSR count). The van der Waals surface area contributed by atoms with Crippen molar-refractivity contribution < 1.29 is 4.74 Å².